The number of sulfonamides is 1. The summed E-state index contributed by atoms with van der Waals surface area (Å²) in [6, 6.07) is 7.74. The lowest BCUT2D eigenvalue weighted by atomic mass is 9.89. The van der Waals surface area contributed by atoms with Gasteiger partial charge in [0.1, 0.15) is 11.4 Å². The molecule has 1 fully saturated rings. The molecule has 0 aliphatic carbocycles. The van der Waals surface area contributed by atoms with Crippen LogP contribution in [-0.4, -0.2) is 67.1 Å². The Bertz CT molecular complexity index is 1400. The van der Waals surface area contributed by atoms with Crippen molar-refractivity contribution < 1.29 is 44.7 Å². The van der Waals surface area contributed by atoms with Gasteiger partial charge < -0.3 is 15.7 Å². The second-order valence-corrected chi connectivity index (χ2v) is 11.6. The molecule has 2 aromatic rings. The van der Waals surface area contributed by atoms with Gasteiger partial charge >= 0.3 is 12.4 Å². The number of aliphatic hydroxyl groups is 1. The number of hydrogen-bond donors (Lipinski definition) is 3. The van der Waals surface area contributed by atoms with E-state index in [1.165, 1.54) is 24.3 Å². The normalized spacial score (nSPS) is 18.1. The van der Waals surface area contributed by atoms with Gasteiger partial charge in [-0.1, -0.05) is 18.2 Å². The number of benzene rings is 2. The van der Waals surface area contributed by atoms with E-state index in [0.29, 0.717) is 0 Å². The number of piperidine rings is 1. The van der Waals surface area contributed by atoms with Gasteiger partial charge in [-0.3, -0.25) is 9.79 Å². The standard InChI is InChI=1S/C25H26F6N4O4S/c26-24(27,28)18-3-1-2-17(14-18)21-33-22(37)23(34-21)7-10-35(11-8-23)40(38,39)13-6-16-4-5-19(32-9-12-36)15-20(16)25(29,30)31/h1-5,14-15,32,36H,6-13H2,(H,33,34,37). The summed E-state index contributed by atoms with van der Waals surface area (Å²) in [6.45, 7) is -0.500. The maximum atomic E-state index is 13.6. The summed E-state index contributed by atoms with van der Waals surface area (Å²) >= 11 is 0. The predicted molar refractivity (Wildman–Crippen MR) is 134 cm³/mol. The molecule has 0 saturated carbocycles. The van der Waals surface area contributed by atoms with Gasteiger partial charge in [0.25, 0.3) is 5.91 Å². The topological polar surface area (TPSA) is 111 Å². The monoisotopic (exact) mass is 592 g/mol. The summed E-state index contributed by atoms with van der Waals surface area (Å²) in [5.41, 5.74) is -3.25. The smallest absolute Gasteiger partial charge is 0.395 e. The second-order valence-electron chi connectivity index (χ2n) is 9.51. The molecule has 0 atom stereocenters. The number of aliphatic hydroxyl groups excluding tert-OH is 1. The molecule has 1 spiro atoms. The maximum Gasteiger partial charge on any atom is 0.416 e. The number of amides is 1. The van der Waals surface area contributed by atoms with Crippen molar-refractivity contribution in [3.05, 3.63) is 64.7 Å². The van der Waals surface area contributed by atoms with Crippen molar-refractivity contribution in [1.82, 2.24) is 9.62 Å². The second kappa shape index (κ2) is 11.0. The van der Waals surface area contributed by atoms with Gasteiger partial charge in [0.05, 0.1) is 23.5 Å². The van der Waals surface area contributed by atoms with Gasteiger partial charge in [0, 0.05) is 30.9 Å². The van der Waals surface area contributed by atoms with Crippen molar-refractivity contribution in [2.75, 3.05) is 37.3 Å². The van der Waals surface area contributed by atoms with Crippen LogP contribution < -0.4 is 10.6 Å². The predicted octanol–water partition coefficient (Wildman–Crippen LogP) is 3.41. The van der Waals surface area contributed by atoms with Crippen molar-refractivity contribution >= 4 is 27.5 Å². The molecular weight excluding hydrogens is 566 g/mol. The molecule has 2 heterocycles. The Kier molecular flexibility index (Phi) is 8.20. The first kappa shape index (κ1) is 29.8. The average Bonchev–Trinajstić information content (AvgIpc) is 3.21. The van der Waals surface area contributed by atoms with Crippen LogP contribution in [0.15, 0.2) is 47.5 Å². The van der Waals surface area contributed by atoms with E-state index in [4.69, 9.17) is 5.11 Å². The van der Waals surface area contributed by atoms with Crippen LogP contribution in [-0.2, 0) is 33.6 Å². The van der Waals surface area contributed by atoms with E-state index in [9.17, 15) is 39.6 Å². The molecule has 0 aromatic heterocycles. The number of hydrogen-bond acceptors (Lipinski definition) is 6. The van der Waals surface area contributed by atoms with Crippen LogP contribution in [0.2, 0.25) is 0 Å². The molecule has 3 N–H and O–H groups in total. The number of carbonyl (C=O) groups is 1. The van der Waals surface area contributed by atoms with Crippen LogP contribution in [0.5, 0.6) is 0 Å². The lowest BCUT2D eigenvalue weighted by Gasteiger charge is -2.34. The lowest BCUT2D eigenvalue weighted by Crippen LogP contribution is -2.50. The molecule has 0 unspecified atom stereocenters. The van der Waals surface area contributed by atoms with E-state index in [-0.39, 0.29) is 61.7 Å². The minimum atomic E-state index is -4.72. The largest absolute Gasteiger partial charge is 0.416 e. The zero-order valence-corrected chi connectivity index (χ0v) is 21.8. The summed E-state index contributed by atoms with van der Waals surface area (Å²) in [5, 5.41) is 14.0. The summed E-state index contributed by atoms with van der Waals surface area (Å²) in [5.74, 6) is -1.19. The van der Waals surface area contributed by atoms with Gasteiger partial charge in [-0.05, 0) is 49.1 Å². The highest BCUT2D eigenvalue weighted by molar-refractivity contribution is 7.89. The molecule has 218 valence electrons. The number of amidine groups is 1. The Morgan fingerprint density at radius 1 is 1.02 bits per heavy atom. The van der Waals surface area contributed by atoms with Crippen LogP contribution in [0.4, 0.5) is 32.0 Å². The zero-order valence-electron chi connectivity index (χ0n) is 20.9. The molecule has 40 heavy (non-hydrogen) atoms. The van der Waals surface area contributed by atoms with Crippen molar-refractivity contribution in [2.24, 2.45) is 4.99 Å². The molecular formula is C25H26F6N4O4S. The number of halogens is 6. The van der Waals surface area contributed by atoms with Crippen LogP contribution >= 0.6 is 0 Å². The summed E-state index contributed by atoms with van der Waals surface area (Å²) < 4.78 is 107. The Balaban J connectivity index is 1.44. The van der Waals surface area contributed by atoms with Gasteiger partial charge in [0.2, 0.25) is 10.0 Å². The summed E-state index contributed by atoms with van der Waals surface area (Å²) in [6.07, 6.45) is -9.80. The first-order valence-corrected chi connectivity index (χ1v) is 13.9. The Morgan fingerprint density at radius 3 is 2.35 bits per heavy atom. The highest BCUT2D eigenvalue weighted by atomic mass is 32.2. The van der Waals surface area contributed by atoms with E-state index >= 15 is 0 Å². The van der Waals surface area contributed by atoms with E-state index in [1.54, 1.807) is 0 Å². The van der Waals surface area contributed by atoms with E-state index < -0.39 is 57.1 Å². The first-order chi connectivity index (χ1) is 18.6. The fraction of sp³-hybridized carbons (Fsp3) is 0.440. The third-order valence-corrected chi connectivity index (χ3v) is 8.74. The van der Waals surface area contributed by atoms with Crippen molar-refractivity contribution in [3.63, 3.8) is 0 Å². The summed E-state index contributed by atoms with van der Waals surface area (Å²) in [7, 11) is -4.01. The number of anilines is 1. The summed E-state index contributed by atoms with van der Waals surface area (Å²) in [4.78, 5) is 17.1. The van der Waals surface area contributed by atoms with Gasteiger partial charge in [-0.15, -0.1) is 0 Å². The Labute approximate surface area is 226 Å². The van der Waals surface area contributed by atoms with E-state index in [0.717, 1.165) is 22.5 Å². The molecule has 2 aromatic carbocycles. The quantitative estimate of drug-likeness (QED) is 0.407. The molecule has 15 heteroatoms. The minimum Gasteiger partial charge on any atom is -0.395 e. The molecule has 1 amide bonds. The van der Waals surface area contributed by atoms with Gasteiger partial charge in [-0.25, -0.2) is 12.7 Å². The molecule has 0 bridgehead atoms. The van der Waals surface area contributed by atoms with Crippen molar-refractivity contribution in [1.29, 1.82) is 0 Å². The Hall–Kier alpha value is -3.17. The number of rotatable bonds is 8. The van der Waals surface area contributed by atoms with E-state index in [2.05, 4.69) is 15.6 Å². The highest BCUT2D eigenvalue weighted by Crippen LogP contribution is 2.36. The first-order valence-electron chi connectivity index (χ1n) is 12.3. The number of nitrogens with zero attached hydrogens (tertiary/aromatic N) is 2. The third-order valence-electron chi connectivity index (χ3n) is 6.87. The molecule has 0 radical (unpaired) electrons. The fourth-order valence-electron chi connectivity index (χ4n) is 4.71. The molecule has 8 nitrogen and oxygen atoms in total. The van der Waals surface area contributed by atoms with Crippen molar-refractivity contribution in [3.8, 4) is 0 Å². The van der Waals surface area contributed by atoms with E-state index in [1.807, 2.05) is 0 Å². The number of nitrogens with one attached hydrogen (secondary N) is 2. The fourth-order valence-corrected chi connectivity index (χ4v) is 6.18. The molecule has 2 aliphatic rings. The zero-order chi connectivity index (χ0) is 29.3. The van der Waals surface area contributed by atoms with Crippen molar-refractivity contribution in [2.45, 2.75) is 37.2 Å². The lowest BCUT2D eigenvalue weighted by molar-refractivity contribution is -0.138. The third kappa shape index (κ3) is 6.41. The van der Waals surface area contributed by atoms with Gasteiger partial charge in [0.15, 0.2) is 0 Å². The number of aryl methyl sites for hydroxylation is 1. The minimum absolute atomic E-state index is 0.0380. The van der Waals surface area contributed by atoms with Crippen LogP contribution in [0.1, 0.15) is 35.1 Å². The van der Waals surface area contributed by atoms with Gasteiger partial charge in [-0.2, -0.15) is 26.3 Å². The molecule has 4 rings (SSSR count). The van der Waals surface area contributed by atoms with Crippen LogP contribution in [0.3, 0.4) is 0 Å². The molecule has 2 aliphatic heterocycles. The van der Waals surface area contributed by atoms with Crippen LogP contribution in [0.25, 0.3) is 0 Å². The Morgan fingerprint density at radius 2 is 1.73 bits per heavy atom. The number of aliphatic imine (C=N–C) groups is 1. The SMILES string of the molecule is O=C1NC(c2cccc(C(F)(F)F)c2)=NC12CCN(S(=O)(=O)CCc1ccc(NCCO)cc1C(F)(F)F)CC2. The molecule has 1 saturated heterocycles. The average molecular weight is 593 g/mol. The highest BCUT2D eigenvalue weighted by Gasteiger charge is 2.47. The number of carbonyl (C=O) groups excluding carboxylic acids is 1. The van der Waals surface area contributed by atoms with Crippen LogP contribution in [0, 0.1) is 0 Å². The number of alkyl halides is 6. The maximum absolute atomic E-state index is 13.6.